The van der Waals surface area contributed by atoms with Gasteiger partial charge in [0.05, 0.1) is 18.5 Å². The largest absolute Gasteiger partial charge is 0.467 e. The number of aromatic nitrogens is 1. The van der Waals surface area contributed by atoms with Gasteiger partial charge >= 0.3 is 6.03 Å². The summed E-state index contributed by atoms with van der Waals surface area (Å²) in [6.45, 7) is 0.835. The second kappa shape index (κ2) is 7.06. The molecule has 2 heterocycles. The summed E-state index contributed by atoms with van der Waals surface area (Å²) in [4.78, 5) is 15.7. The van der Waals surface area contributed by atoms with E-state index in [9.17, 15) is 9.18 Å². The first-order valence-corrected chi connectivity index (χ1v) is 7.19. The van der Waals surface area contributed by atoms with E-state index in [0.29, 0.717) is 42.1 Å². The zero-order valence-corrected chi connectivity index (χ0v) is 12.3. The number of hydrogen-bond donors (Lipinski definition) is 2. The van der Waals surface area contributed by atoms with E-state index in [1.165, 1.54) is 12.1 Å². The van der Waals surface area contributed by atoms with Crippen LogP contribution in [0.25, 0.3) is 0 Å². The van der Waals surface area contributed by atoms with E-state index in [2.05, 4.69) is 15.6 Å². The van der Waals surface area contributed by atoms with Gasteiger partial charge in [-0.05, 0) is 36.2 Å². The monoisotopic (exact) mass is 317 g/mol. The number of pyridine rings is 1. The van der Waals surface area contributed by atoms with E-state index in [-0.39, 0.29) is 18.6 Å². The summed E-state index contributed by atoms with van der Waals surface area (Å²) in [5, 5.41) is 5.38. The van der Waals surface area contributed by atoms with Crippen molar-refractivity contribution >= 4 is 11.7 Å². The Morgan fingerprint density at radius 2 is 2.30 bits per heavy atom. The quantitative estimate of drug-likeness (QED) is 0.908. The van der Waals surface area contributed by atoms with Gasteiger partial charge in [0, 0.05) is 18.3 Å². The van der Waals surface area contributed by atoms with Crippen molar-refractivity contribution in [2.45, 2.75) is 13.0 Å². The predicted octanol–water partition coefficient (Wildman–Crippen LogP) is 2.45. The molecule has 120 valence electrons. The van der Waals surface area contributed by atoms with Gasteiger partial charge in [-0.1, -0.05) is 0 Å². The summed E-state index contributed by atoms with van der Waals surface area (Å²) < 4.78 is 24.2. The minimum atomic E-state index is -0.340. The maximum absolute atomic E-state index is 13.6. The molecular formula is C16H16FN3O3. The topological polar surface area (TPSA) is 72.5 Å². The highest BCUT2D eigenvalue weighted by molar-refractivity contribution is 5.88. The molecule has 1 aromatic carbocycles. The molecular weight excluding hydrogens is 301 g/mol. The van der Waals surface area contributed by atoms with Crippen molar-refractivity contribution in [1.82, 2.24) is 10.3 Å². The Morgan fingerprint density at radius 1 is 1.39 bits per heavy atom. The van der Waals surface area contributed by atoms with Gasteiger partial charge in [-0.3, -0.25) is 4.98 Å². The summed E-state index contributed by atoms with van der Waals surface area (Å²) in [5.74, 6) is 0.305. The van der Waals surface area contributed by atoms with Crippen molar-refractivity contribution in [3.05, 3.63) is 53.6 Å². The Labute approximate surface area is 132 Å². The zero-order valence-electron chi connectivity index (χ0n) is 12.3. The third-order valence-corrected chi connectivity index (χ3v) is 3.35. The molecule has 0 atom stereocenters. The molecule has 1 aliphatic heterocycles. The van der Waals surface area contributed by atoms with Gasteiger partial charge in [0.2, 0.25) is 0 Å². The number of nitrogens with one attached hydrogen (secondary N) is 2. The molecule has 0 fully saturated rings. The van der Waals surface area contributed by atoms with Gasteiger partial charge in [0.25, 0.3) is 0 Å². The number of ether oxygens (including phenoxy) is 2. The van der Waals surface area contributed by atoms with Crippen molar-refractivity contribution in [1.29, 1.82) is 0 Å². The van der Waals surface area contributed by atoms with Crippen molar-refractivity contribution < 1.29 is 18.7 Å². The fraction of sp³-hybridized carbons (Fsp3) is 0.250. The molecule has 0 unspecified atom stereocenters. The van der Waals surface area contributed by atoms with Crippen molar-refractivity contribution in [3.63, 3.8) is 0 Å². The second-order valence-corrected chi connectivity index (χ2v) is 5.04. The molecule has 0 radical (unpaired) electrons. The number of carbonyl (C=O) groups is 1. The Morgan fingerprint density at radius 3 is 3.13 bits per heavy atom. The summed E-state index contributed by atoms with van der Waals surface area (Å²) in [6.07, 6.45) is 3.64. The van der Waals surface area contributed by atoms with E-state index >= 15 is 0 Å². The van der Waals surface area contributed by atoms with Crippen molar-refractivity contribution in [3.8, 4) is 5.75 Å². The number of hydrogen-bond acceptors (Lipinski definition) is 4. The smallest absolute Gasteiger partial charge is 0.319 e. The number of fused-ring (bicyclic) bond motifs is 1. The van der Waals surface area contributed by atoms with Gasteiger partial charge < -0.3 is 20.1 Å². The number of carbonyl (C=O) groups excluding carboxylic acids is 1. The van der Waals surface area contributed by atoms with Gasteiger partial charge in [-0.15, -0.1) is 0 Å². The highest BCUT2D eigenvalue weighted by Gasteiger charge is 2.16. The number of amides is 2. The summed E-state index contributed by atoms with van der Waals surface area (Å²) in [6, 6.07) is 5.95. The van der Waals surface area contributed by atoms with Gasteiger partial charge in [-0.25, -0.2) is 9.18 Å². The number of anilines is 1. The van der Waals surface area contributed by atoms with E-state index < -0.39 is 0 Å². The molecule has 0 saturated carbocycles. The van der Waals surface area contributed by atoms with Crippen LogP contribution in [-0.4, -0.2) is 24.4 Å². The molecule has 0 aliphatic carbocycles. The summed E-state index contributed by atoms with van der Waals surface area (Å²) >= 11 is 0. The molecule has 1 aromatic heterocycles. The highest BCUT2D eigenvalue weighted by Crippen LogP contribution is 2.29. The lowest BCUT2D eigenvalue weighted by molar-refractivity contribution is -0.0172. The van der Waals surface area contributed by atoms with Gasteiger partial charge in [0.15, 0.2) is 6.79 Å². The lowest BCUT2D eigenvalue weighted by atomic mass is 10.1. The molecule has 0 saturated heterocycles. The van der Waals surface area contributed by atoms with E-state index in [1.807, 2.05) is 0 Å². The maximum atomic E-state index is 13.6. The first kappa shape index (κ1) is 15.2. The van der Waals surface area contributed by atoms with Crippen molar-refractivity contribution in [2.75, 3.05) is 18.7 Å². The fourth-order valence-electron chi connectivity index (χ4n) is 2.37. The zero-order chi connectivity index (χ0) is 16.1. The van der Waals surface area contributed by atoms with Crippen LogP contribution in [0.2, 0.25) is 0 Å². The van der Waals surface area contributed by atoms with Crippen LogP contribution < -0.4 is 15.4 Å². The number of halogens is 1. The molecule has 7 heteroatoms. The molecule has 0 bridgehead atoms. The lowest BCUT2D eigenvalue weighted by Gasteiger charge is -2.21. The SMILES string of the molecule is O=C(NCCc1cc(F)cc2c1OCOC2)Nc1cccnc1. The van der Waals surface area contributed by atoms with Gasteiger partial charge in [-0.2, -0.15) is 0 Å². The molecule has 1 aliphatic rings. The predicted molar refractivity (Wildman–Crippen MR) is 81.6 cm³/mol. The Hall–Kier alpha value is -2.67. The molecule has 2 aromatic rings. The molecule has 6 nitrogen and oxygen atoms in total. The average Bonchev–Trinajstić information content (AvgIpc) is 2.55. The van der Waals surface area contributed by atoms with Gasteiger partial charge in [0.1, 0.15) is 11.6 Å². The first-order chi connectivity index (χ1) is 11.2. The van der Waals surface area contributed by atoms with Crippen molar-refractivity contribution in [2.24, 2.45) is 0 Å². The third kappa shape index (κ3) is 3.95. The molecule has 0 spiro atoms. The molecule has 3 rings (SSSR count). The van der Waals surface area contributed by atoms with Crippen LogP contribution in [0.3, 0.4) is 0 Å². The van der Waals surface area contributed by atoms with Crippen LogP contribution in [0.1, 0.15) is 11.1 Å². The lowest BCUT2D eigenvalue weighted by Crippen LogP contribution is -2.30. The normalized spacial score (nSPS) is 12.9. The van der Waals surface area contributed by atoms with E-state index in [0.717, 1.165) is 0 Å². The minimum Gasteiger partial charge on any atom is -0.467 e. The summed E-state index contributed by atoms with van der Waals surface area (Å²) in [5.41, 5.74) is 2.00. The Balaban J connectivity index is 1.56. The van der Waals surface area contributed by atoms with Crippen LogP contribution in [0.15, 0.2) is 36.7 Å². The highest BCUT2D eigenvalue weighted by atomic mass is 19.1. The van der Waals surface area contributed by atoms with E-state index in [4.69, 9.17) is 9.47 Å². The van der Waals surface area contributed by atoms with Crippen LogP contribution in [-0.2, 0) is 17.8 Å². The van der Waals surface area contributed by atoms with E-state index in [1.54, 1.807) is 24.5 Å². The standard InChI is InChI=1S/C16H16FN3O3/c17-13-6-11(15-12(7-13)9-22-10-23-15)3-5-19-16(21)20-14-2-1-4-18-8-14/h1-2,4,6-8H,3,5,9-10H2,(H2,19,20,21). The Kier molecular flexibility index (Phi) is 4.68. The number of nitrogens with zero attached hydrogens (tertiary/aromatic N) is 1. The van der Waals surface area contributed by atoms with Crippen LogP contribution in [0, 0.1) is 5.82 Å². The first-order valence-electron chi connectivity index (χ1n) is 7.19. The molecule has 23 heavy (non-hydrogen) atoms. The molecule has 2 N–H and O–H groups in total. The fourth-order valence-corrected chi connectivity index (χ4v) is 2.37. The minimum absolute atomic E-state index is 0.153. The average molecular weight is 317 g/mol. The molecule has 2 amide bonds. The number of rotatable bonds is 4. The van der Waals surface area contributed by atoms with Crippen LogP contribution >= 0.6 is 0 Å². The Bertz CT molecular complexity index is 694. The maximum Gasteiger partial charge on any atom is 0.319 e. The van der Waals surface area contributed by atoms with Crippen LogP contribution in [0.5, 0.6) is 5.75 Å². The van der Waals surface area contributed by atoms with Crippen LogP contribution in [0.4, 0.5) is 14.9 Å². The number of benzene rings is 1. The summed E-state index contributed by atoms with van der Waals surface area (Å²) in [7, 11) is 0. The second-order valence-electron chi connectivity index (χ2n) is 5.04. The number of urea groups is 1. The third-order valence-electron chi connectivity index (χ3n) is 3.35.